The fraction of sp³-hybridized carbons (Fsp3) is 0.250. The van der Waals surface area contributed by atoms with Gasteiger partial charge in [-0.25, -0.2) is 0 Å². The Bertz CT molecular complexity index is 71.5. The molecule has 0 atom stereocenters. The number of carbonyl (C=O) groups excluding carboxylic acids is 2. The minimum absolute atomic E-state index is 0.602. The van der Waals surface area contributed by atoms with E-state index >= 15 is 0 Å². The predicted octanol–water partition coefficient (Wildman–Crippen LogP) is -0.144. The van der Waals surface area contributed by atoms with Gasteiger partial charge in [-0.3, -0.25) is 9.59 Å². The van der Waals surface area contributed by atoms with Crippen LogP contribution in [0.2, 0.25) is 0 Å². The van der Waals surface area contributed by atoms with Crippen LogP contribution in [0.15, 0.2) is 0 Å². The Hall–Kier alpha value is -0.660. The third-order valence-corrected chi connectivity index (χ3v) is 0.347. The number of ketones is 2. The van der Waals surface area contributed by atoms with E-state index in [4.69, 9.17) is 0 Å². The van der Waals surface area contributed by atoms with Crippen molar-refractivity contribution in [3.63, 3.8) is 0 Å². The third-order valence-electron chi connectivity index (χ3n) is 0.347. The number of hydrogen-bond acceptors (Lipinski definition) is 2. The molecule has 32 valence electrons. The standard InChI is InChI=1S/C4H4O2/c1-3(5)4(2)6/h1H,2H3. The molecule has 0 rings (SSSR count). The van der Waals surface area contributed by atoms with Crippen molar-refractivity contribution in [3.8, 4) is 0 Å². The van der Waals surface area contributed by atoms with Gasteiger partial charge in [0.05, 0.1) is 0 Å². The lowest BCUT2D eigenvalue weighted by atomic mass is 10.3. The summed E-state index contributed by atoms with van der Waals surface area (Å²) in [6, 6.07) is 0. The molecule has 6 heavy (non-hydrogen) atoms. The van der Waals surface area contributed by atoms with Crippen LogP contribution in [-0.2, 0) is 9.59 Å². The number of rotatable bonds is 1. The molecule has 0 aromatic carbocycles. The molecule has 0 aromatic rings. The molecule has 0 unspecified atom stereocenters. The second-order valence-corrected chi connectivity index (χ2v) is 0.920. The molecular formula is C4H4O2. The Morgan fingerprint density at radius 2 is 1.67 bits per heavy atom. The van der Waals surface area contributed by atoms with Crippen molar-refractivity contribution in [1.29, 1.82) is 0 Å². The van der Waals surface area contributed by atoms with E-state index in [1.165, 1.54) is 0 Å². The molecule has 2 nitrogen and oxygen atoms in total. The molecule has 0 bridgehead atoms. The monoisotopic (exact) mass is 84.0 g/mol. The molecule has 2 heteroatoms. The SMILES string of the molecule is [CH]C(=O)C(C)=O. The Morgan fingerprint density at radius 3 is 1.67 bits per heavy atom. The van der Waals surface area contributed by atoms with Gasteiger partial charge < -0.3 is 0 Å². The summed E-state index contributed by atoms with van der Waals surface area (Å²) in [5.74, 6) is -1.48. The van der Waals surface area contributed by atoms with E-state index in [-0.39, 0.29) is 0 Å². The van der Waals surface area contributed by atoms with Crippen molar-refractivity contribution in [2.75, 3.05) is 0 Å². The highest BCUT2D eigenvalue weighted by molar-refractivity contribution is 6.38. The first-order chi connectivity index (χ1) is 2.64. The average Bonchev–Trinajstić information content (AvgIpc) is 1.36. The van der Waals surface area contributed by atoms with Crippen LogP contribution in [0, 0.1) is 6.92 Å². The molecule has 0 saturated carbocycles. The molecule has 0 aliphatic carbocycles. The lowest BCUT2D eigenvalue weighted by Gasteiger charge is -1.72. The molecule has 0 fully saturated rings. The smallest absolute Gasteiger partial charge is 0.202 e. The summed E-state index contributed by atoms with van der Waals surface area (Å²) in [7, 11) is 0. The molecule has 0 aromatic heterocycles. The Kier molecular flexibility index (Phi) is 1.51. The van der Waals surface area contributed by atoms with Crippen molar-refractivity contribution in [1.82, 2.24) is 0 Å². The van der Waals surface area contributed by atoms with Crippen molar-refractivity contribution >= 4 is 11.6 Å². The molecule has 0 aliphatic rings. The van der Waals surface area contributed by atoms with E-state index in [1.54, 1.807) is 0 Å². The summed E-state index contributed by atoms with van der Waals surface area (Å²) in [5, 5.41) is 0. The second kappa shape index (κ2) is 1.70. The molecule has 2 radical (unpaired) electrons. The third kappa shape index (κ3) is 1.64. The van der Waals surface area contributed by atoms with Crippen LogP contribution < -0.4 is 0 Å². The summed E-state index contributed by atoms with van der Waals surface area (Å²) in [4.78, 5) is 19.2. The van der Waals surface area contributed by atoms with Gasteiger partial charge in [0.2, 0.25) is 5.78 Å². The molecule has 0 amide bonds. The number of hydrogen-bond donors (Lipinski definition) is 0. The maximum atomic E-state index is 9.67. The van der Waals surface area contributed by atoms with Crippen LogP contribution in [0.25, 0.3) is 0 Å². The number of carbonyl (C=O) groups is 2. The normalized spacial score (nSPS) is 7.67. The number of Topliss-reactive ketones (excluding diaryl/α,β-unsaturated/α-hetero) is 2. The van der Waals surface area contributed by atoms with Crippen molar-refractivity contribution in [2.45, 2.75) is 6.92 Å². The molecule has 0 aliphatic heterocycles. The molecular weight excluding hydrogens is 80.0 g/mol. The van der Waals surface area contributed by atoms with Gasteiger partial charge in [0.15, 0.2) is 5.78 Å². The molecule has 0 N–H and O–H groups in total. The van der Waals surface area contributed by atoms with Gasteiger partial charge in [0, 0.05) is 13.8 Å². The van der Waals surface area contributed by atoms with E-state index in [0.29, 0.717) is 0 Å². The Balaban J connectivity index is 3.57. The predicted molar refractivity (Wildman–Crippen MR) is 20.0 cm³/mol. The van der Waals surface area contributed by atoms with Crippen LogP contribution in [0.5, 0.6) is 0 Å². The highest BCUT2D eigenvalue weighted by Gasteiger charge is 1.95. The summed E-state index contributed by atoms with van der Waals surface area (Å²) >= 11 is 0. The van der Waals surface area contributed by atoms with E-state index in [9.17, 15) is 9.59 Å². The lowest BCUT2D eigenvalue weighted by molar-refractivity contribution is -0.132. The average molecular weight is 84.1 g/mol. The lowest BCUT2D eigenvalue weighted by Crippen LogP contribution is -2.02. The van der Waals surface area contributed by atoms with Crippen LogP contribution in [0.1, 0.15) is 6.92 Å². The van der Waals surface area contributed by atoms with Gasteiger partial charge in [-0.1, -0.05) is 0 Å². The highest BCUT2D eigenvalue weighted by atomic mass is 16.2. The zero-order chi connectivity index (χ0) is 5.15. The van der Waals surface area contributed by atoms with Crippen molar-refractivity contribution < 1.29 is 9.59 Å². The fourth-order valence-corrected chi connectivity index (χ4v) is 0. The van der Waals surface area contributed by atoms with E-state index in [2.05, 4.69) is 6.92 Å². The van der Waals surface area contributed by atoms with Gasteiger partial charge in [0.25, 0.3) is 0 Å². The van der Waals surface area contributed by atoms with Crippen LogP contribution in [0.4, 0.5) is 0 Å². The van der Waals surface area contributed by atoms with E-state index in [1.807, 2.05) is 0 Å². The molecule has 0 saturated heterocycles. The first-order valence-electron chi connectivity index (χ1n) is 1.45. The zero-order valence-corrected chi connectivity index (χ0v) is 3.39. The first kappa shape index (κ1) is 5.34. The minimum Gasteiger partial charge on any atom is -0.291 e. The summed E-state index contributed by atoms with van der Waals surface area (Å²) in [6.45, 7) is 5.57. The van der Waals surface area contributed by atoms with Gasteiger partial charge in [0.1, 0.15) is 0 Å². The molecule has 0 spiro atoms. The van der Waals surface area contributed by atoms with E-state index in [0.717, 1.165) is 6.92 Å². The quantitative estimate of drug-likeness (QED) is 0.414. The van der Waals surface area contributed by atoms with Gasteiger partial charge in [-0.2, -0.15) is 0 Å². The fourth-order valence-electron chi connectivity index (χ4n) is 0. The highest BCUT2D eigenvalue weighted by Crippen LogP contribution is 1.65. The second-order valence-electron chi connectivity index (χ2n) is 0.920. The minimum atomic E-state index is -0.880. The van der Waals surface area contributed by atoms with Crippen molar-refractivity contribution in [3.05, 3.63) is 6.92 Å². The molecule has 0 heterocycles. The largest absolute Gasteiger partial charge is 0.291 e. The van der Waals surface area contributed by atoms with Crippen LogP contribution >= 0.6 is 0 Å². The van der Waals surface area contributed by atoms with Gasteiger partial charge in [-0.05, 0) is 0 Å². The van der Waals surface area contributed by atoms with E-state index < -0.39 is 11.6 Å². The topological polar surface area (TPSA) is 34.1 Å². The summed E-state index contributed by atoms with van der Waals surface area (Å²) < 4.78 is 0. The van der Waals surface area contributed by atoms with Gasteiger partial charge in [-0.15, -0.1) is 0 Å². The first-order valence-corrected chi connectivity index (χ1v) is 1.45. The zero-order valence-electron chi connectivity index (χ0n) is 3.39. The maximum Gasteiger partial charge on any atom is 0.202 e. The van der Waals surface area contributed by atoms with Crippen LogP contribution in [-0.4, -0.2) is 11.6 Å². The Morgan fingerprint density at radius 1 is 1.50 bits per heavy atom. The van der Waals surface area contributed by atoms with Gasteiger partial charge >= 0.3 is 0 Å². The van der Waals surface area contributed by atoms with Crippen molar-refractivity contribution in [2.24, 2.45) is 0 Å². The Labute approximate surface area is 36.2 Å². The summed E-state index contributed by atoms with van der Waals surface area (Å²) in [5.41, 5.74) is 0. The maximum absolute atomic E-state index is 9.67. The van der Waals surface area contributed by atoms with Crippen LogP contribution in [0.3, 0.4) is 0 Å². The summed E-state index contributed by atoms with van der Waals surface area (Å²) in [6.07, 6.45) is 0.